The number of hydrogen-bond acceptors (Lipinski definition) is 4. The molecule has 0 radical (unpaired) electrons. The maximum atomic E-state index is 5.67. The molecule has 0 unspecified atom stereocenters. The second-order valence-corrected chi connectivity index (χ2v) is 3.80. The van der Waals surface area contributed by atoms with E-state index in [9.17, 15) is 0 Å². The van der Waals surface area contributed by atoms with Crippen molar-refractivity contribution < 1.29 is 18.6 Å². The lowest BCUT2D eigenvalue weighted by Gasteiger charge is -2.12. The van der Waals surface area contributed by atoms with E-state index in [1.54, 1.807) is 21.3 Å². The zero-order valence-corrected chi connectivity index (χ0v) is 10.7. The number of hydrogen-bond donors (Lipinski definition) is 0. The van der Waals surface area contributed by atoms with E-state index < -0.39 is 0 Å². The van der Waals surface area contributed by atoms with Crippen LogP contribution in [-0.4, -0.2) is 21.3 Å². The first-order valence-corrected chi connectivity index (χ1v) is 5.32. The Balaban J connectivity index is 2.89. The zero-order chi connectivity index (χ0) is 12.6. The number of methoxy groups -OCH3 is 3. The molecule has 92 valence electrons. The molecule has 0 spiro atoms. The van der Waals surface area contributed by atoms with Gasteiger partial charge in [-0.1, -0.05) is 0 Å². The molecule has 1 heterocycles. The van der Waals surface area contributed by atoms with E-state index in [1.165, 1.54) is 0 Å². The van der Waals surface area contributed by atoms with Crippen molar-refractivity contribution >= 4 is 11.0 Å². The Kier molecular flexibility index (Phi) is 2.88. The SMILES string of the molecule is COc1cc2oc(C)c(C)c2c(OC)c1OC. The summed E-state index contributed by atoms with van der Waals surface area (Å²) >= 11 is 0. The van der Waals surface area contributed by atoms with Crippen molar-refractivity contribution in [3.8, 4) is 17.2 Å². The van der Waals surface area contributed by atoms with Crippen LogP contribution >= 0.6 is 0 Å². The monoisotopic (exact) mass is 236 g/mol. The van der Waals surface area contributed by atoms with E-state index in [4.69, 9.17) is 18.6 Å². The standard InChI is InChI=1S/C13H16O4/c1-7-8(2)17-9-6-10(14-3)12(15-4)13(16-5)11(7)9/h6H,1-5H3. The third-order valence-corrected chi connectivity index (χ3v) is 2.96. The van der Waals surface area contributed by atoms with Gasteiger partial charge in [-0.15, -0.1) is 0 Å². The van der Waals surface area contributed by atoms with Crippen LogP contribution < -0.4 is 14.2 Å². The maximum absolute atomic E-state index is 5.67. The number of fused-ring (bicyclic) bond motifs is 1. The molecule has 4 nitrogen and oxygen atoms in total. The van der Waals surface area contributed by atoms with Crippen LogP contribution in [0.2, 0.25) is 0 Å². The summed E-state index contributed by atoms with van der Waals surface area (Å²) in [5.41, 5.74) is 1.80. The van der Waals surface area contributed by atoms with Gasteiger partial charge in [-0.05, 0) is 13.8 Å². The molecule has 0 saturated carbocycles. The number of benzene rings is 1. The van der Waals surface area contributed by atoms with E-state index in [2.05, 4.69) is 0 Å². The summed E-state index contributed by atoms with van der Waals surface area (Å²) in [6, 6.07) is 1.82. The Morgan fingerprint density at radius 3 is 2.12 bits per heavy atom. The van der Waals surface area contributed by atoms with Gasteiger partial charge < -0.3 is 18.6 Å². The Morgan fingerprint density at radius 1 is 0.941 bits per heavy atom. The molecule has 0 aliphatic heterocycles. The fourth-order valence-electron chi connectivity index (χ4n) is 1.99. The van der Waals surface area contributed by atoms with Gasteiger partial charge in [0.2, 0.25) is 5.75 Å². The third-order valence-electron chi connectivity index (χ3n) is 2.96. The van der Waals surface area contributed by atoms with Gasteiger partial charge in [0.1, 0.15) is 11.3 Å². The van der Waals surface area contributed by atoms with Crippen molar-refractivity contribution in [2.75, 3.05) is 21.3 Å². The second kappa shape index (κ2) is 4.20. The first-order valence-electron chi connectivity index (χ1n) is 5.32. The molecule has 0 fully saturated rings. The maximum Gasteiger partial charge on any atom is 0.204 e. The van der Waals surface area contributed by atoms with Gasteiger partial charge in [0.25, 0.3) is 0 Å². The fourth-order valence-corrected chi connectivity index (χ4v) is 1.99. The fraction of sp³-hybridized carbons (Fsp3) is 0.385. The van der Waals surface area contributed by atoms with Gasteiger partial charge >= 0.3 is 0 Å². The first kappa shape index (κ1) is 11.6. The van der Waals surface area contributed by atoms with Crippen LogP contribution in [0.15, 0.2) is 10.5 Å². The summed E-state index contributed by atoms with van der Waals surface area (Å²) in [4.78, 5) is 0. The average Bonchev–Trinajstić information content (AvgIpc) is 2.62. The van der Waals surface area contributed by atoms with E-state index in [0.717, 1.165) is 22.3 Å². The predicted molar refractivity (Wildman–Crippen MR) is 65.3 cm³/mol. The average molecular weight is 236 g/mol. The predicted octanol–water partition coefficient (Wildman–Crippen LogP) is 3.08. The van der Waals surface area contributed by atoms with E-state index >= 15 is 0 Å². The van der Waals surface area contributed by atoms with Crippen molar-refractivity contribution in [1.29, 1.82) is 0 Å². The van der Waals surface area contributed by atoms with Gasteiger partial charge in [-0.25, -0.2) is 0 Å². The van der Waals surface area contributed by atoms with Gasteiger partial charge in [0.05, 0.1) is 26.7 Å². The normalized spacial score (nSPS) is 10.6. The van der Waals surface area contributed by atoms with Crippen molar-refractivity contribution in [1.82, 2.24) is 0 Å². The van der Waals surface area contributed by atoms with Crippen LogP contribution in [0.5, 0.6) is 17.2 Å². The molecule has 2 rings (SSSR count). The van der Waals surface area contributed by atoms with Crippen LogP contribution in [0.1, 0.15) is 11.3 Å². The minimum Gasteiger partial charge on any atom is -0.493 e. The van der Waals surface area contributed by atoms with Gasteiger partial charge in [-0.3, -0.25) is 0 Å². The summed E-state index contributed by atoms with van der Waals surface area (Å²) in [6.45, 7) is 3.92. The number of furan rings is 1. The van der Waals surface area contributed by atoms with E-state index in [1.807, 2.05) is 19.9 Å². The lowest BCUT2D eigenvalue weighted by Crippen LogP contribution is -1.95. The summed E-state index contributed by atoms with van der Waals surface area (Å²) < 4.78 is 21.7. The summed E-state index contributed by atoms with van der Waals surface area (Å²) in [5.74, 6) is 2.71. The minimum absolute atomic E-state index is 0.589. The minimum atomic E-state index is 0.589. The van der Waals surface area contributed by atoms with Gasteiger partial charge in [-0.2, -0.15) is 0 Å². The van der Waals surface area contributed by atoms with E-state index in [-0.39, 0.29) is 0 Å². The van der Waals surface area contributed by atoms with Crippen molar-refractivity contribution in [3.63, 3.8) is 0 Å². The molecule has 0 aliphatic carbocycles. The van der Waals surface area contributed by atoms with Crippen LogP contribution in [0.3, 0.4) is 0 Å². The molecule has 17 heavy (non-hydrogen) atoms. The number of ether oxygens (including phenoxy) is 3. The van der Waals surface area contributed by atoms with Crippen molar-refractivity contribution in [2.45, 2.75) is 13.8 Å². The number of rotatable bonds is 3. The Bertz CT molecular complexity index is 554. The summed E-state index contributed by atoms with van der Waals surface area (Å²) in [6.07, 6.45) is 0. The Labute approximate surface area is 100 Å². The highest BCUT2D eigenvalue weighted by atomic mass is 16.5. The second-order valence-electron chi connectivity index (χ2n) is 3.80. The molecule has 0 aliphatic rings. The molecule has 2 aromatic rings. The molecule has 1 aromatic carbocycles. The van der Waals surface area contributed by atoms with Crippen molar-refractivity contribution in [3.05, 3.63) is 17.4 Å². The largest absolute Gasteiger partial charge is 0.493 e. The lowest BCUT2D eigenvalue weighted by molar-refractivity contribution is 0.326. The van der Waals surface area contributed by atoms with Crippen LogP contribution in [0.25, 0.3) is 11.0 Å². The summed E-state index contributed by atoms with van der Waals surface area (Å²) in [5, 5.41) is 0.933. The van der Waals surface area contributed by atoms with Crippen LogP contribution in [-0.2, 0) is 0 Å². The molecule has 0 N–H and O–H groups in total. The quantitative estimate of drug-likeness (QED) is 0.821. The molecule has 1 aromatic heterocycles. The van der Waals surface area contributed by atoms with Crippen LogP contribution in [0, 0.1) is 13.8 Å². The number of aryl methyl sites for hydroxylation is 2. The van der Waals surface area contributed by atoms with Gasteiger partial charge in [0.15, 0.2) is 11.5 Å². The third kappa shape index (κ3) is 1.60. The molecule has 0 amide bonds. The highest BCUT2D eigenvalue weighted by Crippen LogP contribution is 2.45. The smallest absolute Gasteiger partial charge is 0.204 e. The molecule has 0 saturated heterocycles. The summed E-state index contributed by atoms with van der Waals surface area (Å²) in [7, 11) is 4.79. The molecule has 0 atom stereocenters. The molecular weight excluding hydrogens is 220 g/mol. The zero-order valence-electron chi connectivity index (χ0n) is 10.7. The lowest BCUT2D eigenvalue weighted by atomic mass is 10.1. The Morgan fingerprint density at radius 2 is 1.59 bits per heavy atom. The highest BCUT2D eigenvalue weighted by molar-refractivity contribution is 5.93. The van der Waals surface area contributed by atoms with Gasteiger partial charge in [0, 0.05) is 11.6 Å². The molecule has 0 bridgehead atoms. The molecular formula is C13H16O4. The van der Waals surface area contributed by atoms with Crippen LogP contribution in [0.4, 0.5) is 0 Å². The van der Waals surface area contributed by atoms with E-state index in [0.29, 0.717) is 17.2 Å². The topological polar surface area (TPSA) is 40.8 Å². The Hall–Kier alpha value is -1.84. The highest BCUT2D eigenvalue weighted by Gasteiger charge is 2.20. The molecule has 4 heteroatoms. The van der Waals surface area contributed by atoms with Crippen molar-refractivity contribution in [2.24, 2.45) is 0 Å². The first-order chi connectivity index (χ1) is 8.13.